The Kier molecular flexibility index (Phi) is 3.68. The van der Waals surface area contributed by atoms with E-state index in [4.69, 9.17) is 0 Å². The van der Waals surface area contributed by atoms with Gasteiger partial charge in [0, 0.05) is 17.7 Å². The second kappa shape index (κ2) is 5.80. The lowest BCUT2D eigenvalue weighted by atomic mass is 9.72. The van der Waals surface area contributed by atoms with E-state index in [2.05, 4.69) is 16.7 Å². The van der Waals surface area contributed by atoms with Gasteiger partial charge in [-0.2, -0.15) is 0 Å². The molecule has 0 amide bonds. The number of carbonyl (C=O) groups excluding carboxylic acids is 1. The van der Waals surface area contributed by atoms with Gasteiger partial charge in [0.05, 0.1) is 23.3 Å². The lowest BCUT2D eigenvalue weighted by Crippen LogP contribution is -2.36. The molecule has 0 bridgehead atoms. The summed E-state index contributed by atoms with van der Waals surface area (Å²) in [7, 11) is 0. The summed E-state index contributed by atoms with van der Waals surface area (Å²) < 4.78 is 0. The fourth-order valence-corrected chi connectivity index (χ4v) is 3.95. The van der Waals surface area contributed by atoms with Crippen LogP contribution in [0.1, 0.15) is 31.9 Å². The average Bonchev–Trinajstić information content (AvgIpc) is 2.72. The van der Waals surface area contributed by atoms with Gasteiger partial charge in [-0.15, -0.1) is 0 Å². The van der Waals surface area contributed by atoms with E-state index in [-0.39, 0.29) is 22.7 Å². The van der Waals surface area contributed by atoms with Crippen LogP contribution in [0.4, 0.5) is 11.4 Å². The Morgan fingerprint density at radius 1 is 1.04 bits per heavy atom. The van der Waals surface area contributed by atoms with E-state index < -0.39 is 12.0 Å². The van der Waals surface area contributed by atoms with Crippen molar-refractivity contribution in [2.75, 3.05) is 10.6 Å². The van der Waals surface area contributed by atoms with Crippen molar-refractivity contribution in [3.05, 3.63) is 59.8 Å². The van der Waals surface area contributed by atoms with Gasteiger partial charge in [0.25, 0.3) is 0 Å². The summed E-state index contributed by atoms with van der Waals surface area (Å²) in [6.07, 6.45) is 2.53. The minimum atomic E-state index is -0.479. The average molecular weight is 350 g/mol. The van der Waals surface area contributed by atoms with Crippen molar-refractivity contribution in [2.24, 2.45) is 11.3 Å². The van der Waals surface area contributed by atoms with E-state index in [0.717, 1.165) is 17.1 Å². The number of Topliss-reactive ketones (excluding diaryl/α,β-unsaturated/α-hetero) is 1. The highest BCUT2D eigenvalue weighted by Gasteiger charge is 2.42. The maximum atomic E-state index is 13.1. The third-order valence-corrected chi connectivity index (χ3v) is 5.09. The molecule has 1 aliphatic heterocycles. The van der Waals surface area contributed by atoms with Crippen LogP contribution in [0.3, 0.4) is 0 Å². The molecule has 0 fully saturated rings. The molecular weight excluding hydrogens is 328 g/mol. The second-order valence-corrected chi connectivity index (χ2v) is 7.72. The van der Waals surface area contributed by atoms with Gasteiger partial charge in [-0.25, -0.2) is 0 Å². The van der Waals surface area contributed by atoms with E-state index in [9.17, 15) is 15.0 Å². The standard InChI is InChI=1S/C21H22N2O3/c1-21(2)10-15-18(17(25)11-21)19(12-6-5-9-16(24)20(12)26)23-14-8-4-3-7-13(14)22-15/h3-10,18-19,22-24,26H,11H2,1-2H3. The number of allylic oxidation sites excluding steroid dienone is 1. The van der Waals surface area contributed by atoms with Crippen molar-refractivity contribution >= 4 is 17.2 Å². The van der Waals surface area contributed by atoms with Crippen molar-refractivity contribution < 1.29 is 15.0 Å². The minimum Gasteiger partial charge on any atom is -0.504 e. The number of hydrogen-bond donors (Lipinski definition) is 4. The first-order valence-electron chi connectivity index (χ1n) is 8.75. The molecule has 0 radical (unpaired) electrons. The van der Waals surface area contributed by atoms with Crippen LogP contribution in [0.2, 0.25) is 0 Å². The molecule has 134 valence electrons. The topological polar surface area (TPSA) is 81.6 Å². The van der Waals surface area contributed by atoms with Gasteiger partial charge in [-0.1, -0.05) is 44.2 Å². The lowest BCUT2D eigenvalue weighted by molar-refractivity contribution is -0.124. The molecule has 2 unspecified atom stereocenters. The number of phenols is 2. The Morgan fingerprint density at radius 3 is 2.54 bits per heavy atom. The van der Waals surface area contributed by atoms with Crippen LogP contribution in [-0.2, 0) is 4.79 Å². The molecule has 2 aromatic rings. The number of ketones is 1. The molecule has 26 heavy (non-hydrogen) atoms. The van der Waals surface area contributed by atoms with Crippen LogP contribution >= 0.6 is 0 Å². The molecule has 2 aliphatic rings. The Hall–Kier alpha value is -2.95. The highest BCUT2D eigenvalue weighted by molar-refractivity contribution is 5.90. The highest BCUT2D eigenvalue weighted by atomic mass is 16.3. The fourth-order valence-electron chi connectivity index (χ4n) is 3.95. The molecule has 1 heterocycles. The quantitative estimate of drug-likeness (QED) is 0.580. The summed E-state index contributed by atoms with van der Waals surface area (Å²) in [5, 5.41) is 27.2. The highest BCUT2D eigenvalue weighted by Crippen LogP contribution is 2.47. The number of hydrogen-bond acceptors (Lipinski definition) is 5. The number of benzene rings is 2. The fraction of sp³-hybridized carbons (Fsp3) is 0.286. The van der Waals surface area contributed by atoms with Gasteiger partial charge >= 0.3 is 0 Å². The third kappa shape index (κ3) is 2.69. The van der Waals surface area contributed by atoms with Gasteiger partial charge in [-0.3, -0.25) is 4.79 Å². The van der Waals surface area contributed by atoms with Gasteiger partial charge in [0.1, 0.15) is 5.78 Å². The monoisotopic (exact) mass is 350 g/mol. The number of fused-ring (bicyclic) bond motifs is 2. The maximum Gasteiger partial charge on any atom is 0.162 e. The van der Waals surface area contributed by atoms with Gasteiger partial charge in [-0.05, 0) is 23.6 Å². The Morgan fingerprint density at radius 2 is 1.77 bits per heavy atom. The van der Waals surface area contributed by atoms with Crippen molar-refractivity contribution in [3.8, 4) is 11.5 Å². The molecule has 4 rings (SSSR count). The molecule has 1 aliphatic carbocycles. The van der Waals surface area contributed by atoms with Crippen molar-refractivity contribution in [3.63, 3.8) is 0 Å². The SMILES string of the molecule is CC1(C)C=C2Nc3ccccc3NC(c3cccc(O)c3O)C2C(=O)C1. The molecular formula is C21H22N2O3. The summed E-state index contributed by atoms with van der Waals surface area (Å²) in [5.74, 6) is -0.749. The molecule has 0 saturated heterocycles. The van der Waals surface area contributed by atoms with Gasteiger partial charge < -0.3 is 20.8 Å². The number of phenolic OH excluding ortho intramolecular Hbond substituents is 2. The maximum absolute atomic E-state index is 13.1. The molecule has 4 N–H and O–H groups in total. The summed E-state index contributed by atoms with van der Waals surface area (Å²) in [6.45, 7) is 4.09. The number of para-hydroxylation sites is 3. The van der Waals surface area contributed by atoms with Crippen molar-refractivity contribution in [1.82, 2.24) is 0 Å². The first-order valence-corrected chi connectivity index (χ1v) is 8.75. The van der Waals surface area contributed by atoms with E-state index in [1.54, 1.807) is 12.1 Å². The summed E-state index contributed by atoms with van der Waals surface area (Å²) >= 11 is 0. The van der Waals surface area contributed by atoms with Crippen molar-refractivity contribution in [2.45, 2.75) is 26.3 Å². The zero-order valence-electron chi connectivity index (χ0n) is 14.8. The molecule has 0 spiro atoms. The van der Waals surface area contributed by atoms with E-state index in [1.165, 1.54) is 6.07 Å². The predicted octanol–water partition coefficient (Wildman–Crippen LogP) is 4.18. The minimum absolute atomic E-state index is 0.105. The van der Waals surface area contributed by atoms with Crippen LogP contribution in [0.25, 0.3) is 0 Å². The third-order valence-electron chi connectivity index (χ3n) is 5.09. The van der Waals surface area contributed by atoms with Crippen LogP contribution in [0, 0.1) is 11.3 Å². The van der Waals surface area contributed by atoms with Crippen molar-refractivity contribution in [1.29, 1.82) is 0 Å². The van der Waals surface area contributed by atoms with E-state index in [0.29, 0.717) is 12.0 Å². The normalized spacial score (nSPS) is 23.6. The number of aromatic hydroxyl groups is 2. The summed E-state index contributed by atoms with van der Waals surface area (Å²) in [4.78, 5) is 13.1. The zero-order chi connectivity index (χ0) is 18.5. The number of nitrogens with one attached hydrogen (secondary N) is 2. The Bertz CT molecular complexity index is 917. The van der Waals surface area contributed by atoms with Gasteiger partial charge in [0.2, 0.25) is 0 Å². The first-order chi connectivity index (χ1) is 12.4. The summed E-state index contributed by atoms with van der Waals surface area (Å²) in [6, 6.07) is 12.1. The molecule has 5 nitrogen and oxygen atoms in total. The van der Waals surface area contributed by atoms with Gasteiger partial charge in [0.15, 0.2) is 11.5 Å². The molecule has 0 aromatic heterocycles. The summed E-state index contributed by atoms with van der Waals surface area (Å²) in [5.41, 5.74) is 2.84. The largest absolute Gasteiger partial charge is 0.504 e. The van der Waals surface area contributed by atoms with E-state index >= 15 is 0 Å². The zero-order valence-corrected chi connectivity index (χ0v) is 14.8. The Balaban J connectivity index is 1.92. The van der Waals surface area contributed by atoms with Crippen LogP contribution in [0.5, 0.6) is 11.5 Å². The number of anilines is 2. The number of rotatable bonds is 1. The van der Waals surface area contributed by atoms with Crippen LogP contribution in [0.15, 0.2) is 54.2 Å². The first kappa shape index (κ1) is 16.5. The van der Waals surface area contributed by atoms with E-state index in [1.807, 2.05) is 38.1 Å². The lowest BCUT2D eigenvalue weighted by Gasteiger charge is -2.35. The Labute approximate surface area is 152 Å². The molecule has 2 atom stereocenters. The molecule has 2 aromatic carbocycles. The smallest absolute Gasteiger partial charge is 0.162 e. The van der Waals surface area contributed by atoms with Crippen LogP contribution < -0.4 is 10.6 Å². The molecule has 5 heteroatoms. The predicted molar refractivity (Wildman–Crippen MR) is 101 cm³/mol. The molecule has 0 saturated carbocycles. The van der Waals surface area contributed by atoms with Crippen LogP contribution in [-0.4, -0.2) is 16.0 Å². The number of carbonyl (C=O) groups is 1. The second-order valence-electron chi connectivity index (χ2n) is 7.72.